The fourth-order valence-electron chi connectivity index (χ4n) is 3.93. The lowest BCUT2D eigenvalue weighted by Gasteiger charge is -2.52. The number of nitrogens with one attached hydrogen (secondary N) is 1. The molecular weight excluding hydrogens is 218 g/mol. The lowest BCUT2D eigenvalue weighted by atomic mass is 9.57. The number of aryl methyl sites for hydroxylation is 1. The molecule has 1 N–H and O–H groups in total. The van der Waals surface area contributed by atoms with Crippen LogP contribution in [0.4, 0.5) is 0 Å². The van der Waals surface area contributed by atoms with E-state index in [4.69, 9.17) is 0 Å². The fraction of sp³-hybridized carbons (Fsp3) is 0.647. The summed E-state index contributed by atoms with van der Waals surface area (Å²) in [6.45, 7) is 3.23. The van der Waals surface area contributed by atoms with Crippen molar-refractivity contribution in [3.63, 3.8) is 0 Å². The van der Waals surface area contributed by atoms with Gasteiger partial charge in [-0.3, -0.25) is 0 Å². The summed E-state index contributed by atoms with van der Waals surface area (Å²) in [5.74, 6) is 0. The van der Waals surface area contributed by atoms with Crippen molar-refractivity contribution in [2.75, 3.05) is 0 Å². The second-order valence-corrected chi connectivity index (χ2v) is 6.38. The van der Waals surface area contributed by atoms with Gasteiger partial charge in [0.05, 0.1) is 0 Å². The molecule has 1 heteroatoms. The molecular formula is C17H25N. The fourth-order valence-corrected chi connectivity index (χ4v) is 3.93. The van der Waals surface area contributed by atoms with Crippen molar-refractivity contribution in [3.05, 3.63) is 35.4 Å². The zero-order chi connectivity index (χ0) is 12.4. The molecule has 2 fully saturated rings. The molecule has 0 aromatic heterocycles. The van der Waals surface area contributed by atoms with E-state index < -0.39 is 0 Å². The predicted molar refractivity (Wildman–Crippen MR) is 76.6 cm³/mol. The largest absolute Gasteiger partial charge is 0.309 e. The van der Waals surface area contributed by atoms with Gasteiger partial charge in [0, 0.05) is 12.6 Å². The van der Waals surface area contributed by atoms with Gasteiger partial charge in [0.2, 0.25) is 0 Å². The molecule has 2 aliphatic rings. The summed E-state index contributed by atoms with van der Waals surface area (Å²) in [6.07, 6.45) is 10.2. The first-order valence-corrected chi connectivity index (χ1v) is 7.57. The summed E-state index contributed by atoms with van der Waals surface area (Å²) in [5, 5.41) is 3.82. The third-order valence-corrected chi connectivity index (χ3v) is 5.15. The van der Waals surface area contributed by atoms with Crippen molar-refractivity contribution in [2.45, 2.75) is 64.5 Å². The van der Waals surface area contributed by atoms with Gasteiger partial charge in [-0.2, -0.15) is 0 Å². The maximum atomic E-state index is 3.82. The molecule has 0 aliphatic heterocycles. The highest BCUT2D eigenvalue weighted by molar-refractivity contribution is 5.22. The molecule has 0 heterocycles. The summed E-state index contributed by atoms with van der Waals surface area (Å²) in [4.78, 5) is 0. The second-order valence-electron chi connectivity index (χ2n) is 6.38. The van der Waals surface area contributed by atoms with Crippen molar-refractivity contribution in [1.82, 2.24) is 5.32 Å². The molecule has 18 heavy (non-hydrogen) atoms. The standard InChI is InChI=1S/C17H25N/c1-14-6-5-7-15(12-14)13-18-16-8-11-17(16)9-3-2-4-10-17/h5-7,12,16,18H,2-4,8-11,13H2,1H3. The number of rotatable bonds is 3. The molecule has 1 nitrogen and oxygen atoms in total. The maximum Gasteiger partial charge on any atom is 0.0208 e. The van der Waals surface area contributed by atoms with E-state index in [-0.39, 0.29) is 0 Å². The van der Waals surface area contributed by atoms with Crippen molar-refractivity contribution >= 4 is 0 Å². The Bertz CT molecular complexity index is 404. The first-order valence-electron chi connectivity index (χ1n) is 7.57. The summed E-state index contributed by atoms with van der Waals surface area (Å²) in [7, 11) is 0. The van der Waals surface area contributed by atoms with Gasteiger partial charge >= 0.3 is 0 Å². The molecule has 1 aromatic carbocycles. The Morgan fingerprint density at radius 2 is 2.00 bits per heavy atom. The van der Waals surface area contributed by atoms with Crippen LogP contribution in [0.25, 0.3) is 0 Å². The minimum Gasteiger partial charge on any atom is -0.309 e. The van der Waals surface area contributed by atoms with Crippen LogP contribution in [0.15, 0.2) is 24.3 Å². The van der Waals surface area contributed by atoms with Crippen molar-refractivity contribution < 1.29 is 0 Å². The van der Waals surface area contributed by atoms with E-state index in [2.05, 4.69) is 36.5 Å². The maximum absolute atomic E-state index is 3.82. The first-order chi connectivity index (χ1) is 8.78. The summed E-state index contributed by atoms with van der Waals surface area (Å²) in [5.41, 5.74) is 3.49. The van der Waals surface area contributed by atoms with Gasteiger partial charge in [-0.1, -0.05) is 49.1 Å². The minimum atomic E-state index is 0.683. The van der Waals surface area contributed by atoms with Crippen LogP contribution in [0.3, 0.4) is 0 Å². The lowest BCUT2D eigenvalue weighted by molar-refractivity contribution is 0.0221. The zero-order valence-corrected chi connectivity index (χ0v) is 11.5. The highest BCUT2D eigenvalue weighted by Gasteiger charge is 2.46. The van der Waals surface area contributed by atoms with E-state index in [1.165, 1.54) is 56.1 Å². The van der Waals surface area contributed by atoms with Crippen LogP contribution in [0.5, 0.6) is 0 Å². The molecule has 3 rings (SSSR count). The Labute approximate surface area is 111 Å². The van der Waals surface area contributed by atoms with Crippen LogP contribution in [-0.4, -0.2) is 6.04 Å². The van der Waals surface area contributed by atoms with E-state index >= 15 is 0 Å². The average Bonchev–Trinajstić information content (AvgIpc) is 2.39. The molecule has 1 spiro atoms. The Kier molecular flexibility index (Phi) is 3.43. The highest BCUT2D eigenvalue weighted by Crippen LogP contribution is 2.51. The molecule has 0 saturated heterocycles. The Balaban J connectivity index is 1.57. The van der Waals surface area contributed by atoms with E-state index in [0.29, 0.717) is 5.41 Å². The molecule has 1 unspecified atom stereocenters. The van der Waals surface area contributed by atoms with Gasteiger partial charge in [-0.25, -0.2) is 0 Å². The Morgan fingerprint density at radius 3 is 2.67 bits per heavy atom. The molecule has 0 bridgehead atoms. The summed E-state index contributed by atoms with van der Waals surface area (Å²) in [6, 6.07) is 9.68. The molecule has 98 valence electrons. The third-order valence-electron chi connectivity index (χ3n) is 5.15. The number of hydrogen-bond donors (Lipinski definition) is 1. The van der Waals surface area contributed by atoms with Crippen LogP contribution >= 0.6 is 0 Å². The number of hydrogen-bond acceptors (Lipinski definition) is 1. The molecule has 1 aromatic rings. The van der Waals surface area contributed by atoms with Gasteiger partial charge < -0.3 is 5.32 Å². The summed E-state index contributed by atoms with van der Waals surface area (Å²) < 4.78 is 0. The van der Waals surface area contributed by atoms with Crippen molar-refractivity contribution in [2.24, 2.45) is 5.41 Å². The van der Waals surface area contributed by atoms with Crippen LogP contribution in [0.2, 0.25) is 0 Å². The molecule has 1 atom stereocenters. The van der Waals surface area contributed by atoms with Crippen molar-refractivity contribution in [3.8, 4) is 0 Å². The third kappa shape index (κ3) is 2.33. The Hall–Kier alpha value is -0.820. The van der Waals surface area contributed by atoms with Gasteiger partial charge in [-0.15, -0.1) is 0 Å². The average molecular weight is 243 g/mol. The summed E-state index contributed by atoms with van der Waals surface area (Å²) >= 11 is 0. The van der Waals surface area contributed by atoms with Gasteiger partial charge in [0.15, 0.2) is 0 Å². The Morgan fingerprint density at radius 1 is 1.17 bits per heavy atom. The van der Waals surface area contributed by atoms with Gasteiger partial charge in [0.1, 0.15) is 0 Å². The number of benzene rings is 1. The smallest absolute Gasteiger partial charge is 0.0208 e. The first kappa shape index (κ1) is 12.2. The molecule has 0 radical (unpaired) electrons. The second kappa shape index (κ2) is 5.05. The van der Waals surface area contributed by atoms with Gasteiger partial charge in [0.25, 0.3) is 0 Å². The molecule has 2 saturated carbocycles. The quantitative estimate of drug-likeness (QED) is 0.839. The molecule has 2 aliphatic carbocycles. The highest BCUT2D eigenvalue weighted by atomic mass is 15.0. The van der Waals surface area contributed by atoms with Crippen LogP contribution in [-0.2, 0) is 6.54 Å². The minimum absolute atomic E-state index is 0.683. The van der Waals surface area contributed by atoms with Crippen LogP contribution in [0, 0.1) is 12.3 Å². The van der Waals surface area contributed by atoms with E-state index in [0.717, 1.165) is 12.6 Å². The monoisotopic (exact) mass is 243 g/mol. The van der Waals surface area contributed by atoms with Crippen LogP contribution in [0.1, 0.15) is 56.1 Å². The predicted octanol–water partition coefficient (Wildman–Crippen LogP) is 4.20. The topological polar surface area (TPSA) is 12.0 Å². The molecule has 0 amide bonds. The lowest BCUT2D eigenvalue weighted by Crippen LogP contribution is -2.53. The van der Waals surface area contributed by atoms with E-state index in [1.54, 1.807) is 0 Å². The zero-order valence-electron chi connectivity index (χ0n) is 11.5. The normalized spacial score (nSPS) is 25.9. The van der Waals surface area contributed by atoms with E-state index in [9.17, 15) is 0 Å². The SMILES string of the molecule is Cc1cccc(CNC2CCC23CCCCC3)c1. The van der Waals surface area contributed by atoms with Crippen molar-refractivity contribution in [1.29, 1.82) is 0 Å². The van der Waals surface area contributed by atoms with E-state index in [1.807, 2.05) is 0 Å². The van der Waals surface area contributed by atoms with Crippen LogP contribution < -0.4 is 5.32 Å². The van der Waals surface area contributed by atoms with Gasteiger partial charge in [-0.05, 0) is 43.6 Å².